The van der Waals surface area contributed by atoms with Gasteiger partial charge in [0.15, 0.2) is 0 Å². The van der Waals surface area contributed by atoms with Gasteiger partial charge in [0.25, 0.3) is 0 Å². The molecule has 0 radical (unpaired) electrons. The van der Waals surface area contributed by atoms with Crippen molar-refractivity contribution >= 4 is 0 Å². The minimum atomic E-state index is 0.396. The zero-order valence-corrected chi connectivity index (χ0v) is 13.8. The molecule has 1 aliphatic carbocycles. The average molecular weight is 290 g/mol. The van der Waals surface area contributed by atoms with Crippen LogP contribution in [-0.2, 0) is 6.54 Å². The first-order valence-electron chi connectivity index (χ1n) is 8.65. The number of hydrogen-bond donors (Lipinski definition) is 1. The van der Waals surface area contributed by atoms with Crippen molar-refractivity contribution in [2.24, 2.45) is 0 Å². The Morgan fingerprint density at radius 2 is 2.14 bits per heavy atom. The van der Waals surface area contributed by atoms with E-state index in [-0.39, 0.29) is 0 Å². The van der Waals surface area contributed by atoms with Crippen LogP contribution in [0.5, 0.6) is 0 Å². The lowest BCUT2D eigenvalue weighted by molar-refractivity contribution is 0.0337. The van der Waals surface area contributed by atoms with E-state index in [9.17, 15) is 0 Å². The van der Waals surface area contributed by atoms with Crippen molar-refractivity contribution in [1.29, 1.82) is 0 Å². The Balaban J connectivity index is 1.75. The molecule has 1 spiro atoms. The molecular weight excluding hydrogens is 260 g/mol. The number of rotatable bonds is 4. The van der Waals surface area contributed by atoms with Crippen LogP contribution in [-0.4, -0.2) is 39.4 Å². The van der Waals surface area contributed by atoms with E-state index in [1.165, 1.54) is 44.3 Å². The maximum atomic E-state index is 4.76. The minimum absolute atomic E-state index is 0.396. The third kappa shape index (κ3) is 3.02. The molecule has 4 heteroatoms. The third-order valence-corrected chi connectivity index (χ3v) is 5.40. The van der Waals surface area contributed by atoms with Crippen LogP contribution in [0.25, 0.3) is 0 Å². The van der Waals surface area contributed by atoms with Gasteiger partial charge in [-0.3, -0.25) is 9.58 Å². The normalized spacial score (nSPS) is 26.0. The fourth-order valence-corrected chi connectivity index (χ4v) is 3.95. The second kappa shape index (κ2) is 6.09. The van der Waals surface area contributed by atoms with Gasteiger partial charge in [0.05, 0.1) is 5.69 Å². The van der Waals surface area contributed by atoms with Gasteiger partial charge < -0.3 is 5.32 Å². The first-order valence-corrected chi connectivity index (χ1v) is 8.65. The van der Waals surface area contributed by atoms with Gasteiger partial charge in [0.1, 0.15) is 0 Å². The van der Waals surface area contributed by atoms with Crippen molar-refractivity contribution in [2.75, 3.05) is 13.1 Å². The van der Waals surface area contributed by atoms with Crippen molar-refractivity contribution < 1.29 is 0 Å². The minimum Gasteiger partial charge on any atom is -0.311 e. The molecule has 118 valence electrons. The molecule has 1 saturated carbocycles. The lowest BCUT2D eigenvalue weighted by atomic mass is 9.90. The van der Waals surface area contributed by atoms with Crippen LogP contribution < -0.4 is 5.32 Å². The third-order valence-electron chi connectivity index (χ3n) is 5.40. The molecular formula is C17H30N4. The Hall–Kier alpha value is -0.870. The molecule has 0 aromatic carbocycles. The summed E-state index contributed by atoms with van der Waals surface area (Å²) in [5, 5.41) is 8.54. The van der Waals surface area contributed by atoms with Crippen LogP contribution in [0.15, 0.2) is 12.3 Å². The maximum absolute atomic E-state index is 4.76. The highest BCUT2D eigenvalue weighted by molar-refractivity contribution is 5.06. The van der Waals surface area contributed by atoms with Crippen molar-refractivity contribution in [3.05, 3.63) is 18.0 Å². The predicted octanol–water partition coefficient (Wildman–Crippen LogP) is 2.96. The molecule has 1 aromatic rings. The summed E-state index contributed by atoms with van der Waals surface area (Å²) in [6, 6.07) is 3.29. The Morgan fingerprint density at radius 1 is 1.38 bits per heavy atom. The fraction of sp³-hybridized carbons (Fsp3) is 0.824. The monoisotopic (exact) mass is 290 g/mol. The van der Waals surface area contributed by atoms with Crippen molar-refractivity contribution in [3.63, 3.8) is 0 Å². The van der Waals surface area contributed by atoms with E-state index in [1.807, 2.05) is 0 Å². The fourth-order valence-electron chi connectivity index (χ4n) is 3.95. The molecule has 1 aromatic heterocycles. The van der Waals surface area contributed by atoms with Crippen LogP contribution in [0.2, 0.25) is 0 Å². The molecule has 1 aliphatic heterocycles. The first kappa shape index (κ1) is 15.0. The lowest BCUT2D eigenvalue weighted by Crippen LogP contribution is -2.63. The summed E-state index contributed by atoms with van der Waals surface area (Å²) >= 11 is 0. The van der Waals surface area contributed by atoms with Gasteiger partial charge in [-0.2, -0.15) is 5.10 Å². The van der Waals surface area contributed by atoms with E-state index >= 15 is 0 Å². The molecule has 1 unspecified atom stereocenters. The first-order chi connectivity index (χ1) is 10.1. The largest absolute Gasteiger partial charge is 0.311 e. The predicted molar refractivity (Wildman–Crippen MR) is 86.3 cm³/mol. The van der Waals surface area contributed by atoms with Crippen molar-refractivity contribution in [3.8, 4) is 0 Å². The summed E-state index contributed by atoms with van der Waals surface area (Å²) in [5.41, 5.74) is 1.62. The van der Waals surface area contributed by atoms with Gasteiger partial charge in [0, 0.05) is 43.5 Å². The molecule has 4 nitrogen and oxygen atoms in total. The van der Waals surface area contributed by atoms with Crippen LogP contribution in [0.1, 0.15) is 64.6 Å². The van der Waals surface area contributed by atoms with Gasteiger partial charge in [-0.15, -0.1) is 0 Å². The van der Waals surface area contributed by atoms with Gasteiger partial charge in [-0.1, -0.05) is 19.8 Å². The smallest absolute Gasteiger partial charge is 0.0765 e. The summed E-state index contributed by atoms with van der Waals surface area (Å²) in [6.45, 7) is 10.0. The Bertz CT molecular complexity index is 459. The summed E-state index contributed by atoms with van der Waals surface area (Å²) in [6.07, 6.45) is 8.81. The van der Waals surface area contributed by atoms with E-state index in [2.05, 4.69) is 47.9 Å². The standard InChI is InChI=1S/C17H30N4/c1-4-15-11-20(17(13-18-15)8-5-6-9-17)12-16-7-10-21(19-16)14(2)3/h7,10,14-15,18H,4-6,8-9,11-13H2,1-3H3. The highest BCUT2D eigenvalue weighted by atomic mass is 15.3. The molecule has 0 amide bonds. The van der Waals surface area contributed by atoms with Gasteiger partial charge in [-0.05, 0) is 39.2 Å². The van der Waals surface area contributed by atoms with E-state index in [4.69, 9.17) is 5.10 Å². The molecule has 21 heavy (non-hydrogen) atoms. The summed E-state index contributed by atoms with van der Waals surface area (Å²) in [4.78, 5) is 2.73. The Morgan fingerprint density at radius 3 is 2.76 bits per heavy atom. The van der Waals surface area contributed by atoms with Crippen molar-refractivity contribution in [1.82, 2.24) is 20.0 Å². The zero-order chi connectivity index (χ0) is 14.9. The summed E-state index contributed by atoms with van der Waals surface area (Å²) in [5.74, 6) is 0. The van der Waals surface area contributed by atoms with Crippen LogP contribution >= 0.6 is 0 Å². The van der Waals surface area contributed by atoms with E-state index in [0.717, 1.165) is 13.1 Å². The number of nitrogens with one attached hydrogen (secondary N) is 1. The summed E-state index contributed by atoms with van der Waals surface area (Å²) < 4.78 is 2.08. The molecule has 2 heterocycles. The molecule has 2 fully saturated rings. The molecule has 3 rings (SSSR count). The lowest BCUT2D eigenvalue weighted by Gasteiger charge is -2.48. The molecule has 1 N–H and O–H groups in total. The van der Waals surface area contributed by atoms with Gasteiger partial charge in [0.2, 0.25) is 0 Å². The van der Waals surface area contributed by atoms with Gasteiger partial charge in [-0.25, -0.2) is 0 Å². The van der Waals surface area contributed by atoms with E-state index in [1.54, 1.807) is 0 Å². The number of nitrogens with zero attached hydrogens (tertiary/aromatic N) is 3. The SMILES string of the molecule is CCC1CN(Cc2ccn(C(C)C)n2)C2(CCCC2)CN1. The van der Waals surface area contributed by atoms with Gasteiger partial charge >= 0.3 is 0 Å². The van der Waals surface area contributed by atoms with Crippen LogP contribution in [0.3, 0.4) is 0 Å². The summed E-state index contributed by atoms with van der Waals surface area (Å²) in [7, 11) is 0. The maximum Gasteiger partial charge on any atom is 0.0765 e. The topological polar surface area (TPSA) is 33.1 Å². The van der Waals surface area contributed by atoms with Crippen molar-refractivity contribution in [2.45, 2.75) is 77.0 Å². The number of aromatic nitrogens is 2. The number of piperazine rings is 1. The Kier molecular flexibility index (Phi) is 4.36. The molecule has 1 saturated heterocycles. The molecule has 2 aliphatic rings. The highest BCUT2D eigenvalue weighted by Gasteiger charge is 2.43. The second-order valence-corrected chi connectivity index (χ2v) is 7.18. The zero-order valence-electron chi connectivity index (χ0n) is 13.8. The molecule has 1 atom stereocenters. The average Bonchev–Trinajstić information content (AvgIpc) is 3.11. The number of hydrogen-bond acceptors (Lipinski definition) is 3. The van der Waals surface area contributed by atoms with Crippen LogP contribution in [0, 0.1) is 0 Å². The highest BCUT2D eigenvalue weighted by Crippen LogP contribution is 2.37. The Labute approximate surface area is 128 Å². The quantitative estimate of drug-likeness (QED) is 0.925. The van der Waals surface area contributed by atoms with E-state index < -0.39 is 0 Å². The molecule has 0 bridgehead atoms. The van der Waals surface area contributed by atoms with Crippen LogP contribution in [0.4, 0.5) is 0 Å². The second-order valence-electron chi connectivity index (χ2n) is 7.18. The van der Waals surface area contributed by atoms with E-state index in [0.29, 0.717) is 17.6 Å².